The van der Waals surface area contributed by atoms with E-state index in [-0.39, 0.29) is 23.4 Å². The normalized spacial score (nSPS) is 34.1. The van der Waals surface area contributed by atoms with Crippen molar-refractivity contribution in [1.82, 2.24) is 26.8 Å². The summed E-state index contributed by atoms with van der Waals surface area (Å²) in [6.07, 6.45) is 17.3. The van der Waals surface area contributed by atoms with Gasteiger partial charge >= 0.3 is 0 Å². The number of carbonyl (C=O) groups excluding carboxylic acids is 1. The molecule has 0 spiro atoms. The van der Waals surface area contributed by atoms with E-state index in [0.717, 1.165) is 18.7 Å². The Hall–Kier alpha value is -1.00. The average molecular weight is 490 g/mol. The smallest absolute Gasteiger partial charge is 0.235 e. The van der Waals surface area contributed by atoms with Gasteiger partial charge in [-0.3, -0.25) is 14.8 Å². The Morgan fingerprint density at radius 3 is 2.32 bits per heavy atom. The van der Waals surface area contributed by atoms with Crippen LogP contribution in [0.25, 0.3) is 0 Å². The Morgan fingerprint density at radius 2 is 1.59 bits per heavy atom. The highest BCUT2D eigenvalue weighted by Crippen LogP contribution is 2.35. The zero-order valence-corrected chi connectivity index (χ0v) is 21.5. The van der Waals surface area contributed by atoms with Crippen LogP contribution in [0.4, 0.5) is 0 Å². The SMILES string of the molecule is CC1=NC2CCCCC2N=C(NC(=O)CSC2NNNN2C2CCCCC2)C1C1CCCCC1. The Labute approximate surface area is 208 Å². The third kappa shape index (κ3) is 5.86. The van der Waals surface area contributed by atoms with E-state index in [0.29, 0.717) is 23.8 Å². The van der Waals surface area contributed by atoms with E-state index < -0.39 is 0 Å². The molecule has 5 rings (SSSR count). The van der Waals surface area contributed by atoms with Crippen LogP contribution in [0.15, 0.2) is 9.98 Å². The van der Waals surface area contributed by atoms with Crippen molar-refractivity contribution in [1.29, 1.82) is 0 Å². The second-order valence-corrected chi connectivity index (χ2v) is 11.9. The molecule has 1 amide bonds. The number of hydrogen-bond acceptors (Lipinski definition) is 8. The summed E-state index contributed by atoms with van der Waals surface area (Å²) >= 11 is 1.64. The summed E-state index contributed by atoms with van der Waals surface area (Å²) in [7, 11) is 0. The first-order valence-electron chi connectivity index (χ1n) is 13.8. The second kappa shape index (κ2) is 11.8. The summed E-state index contributed by atoms with van der Waals surface area (Å²) < 4.78 is 0. The van der Waals surface area contributed by atoms with E-state index in [2.05, 4.69) is 33.7 Å². The Bertz CT molecular complexity index is 762. The van der Waals surface area contributed by atoms with Crippen LogP contribution < -0.4 is 21.8 Å². The number of carbonyl (C=O) groups is 1. The molecule has 8 nitrogen and oxygen atoms in total. The largest absolute Gasteiger partial charge is 0.313 e. The molecule has 3 aliphatic carbocycles. The van der Waals surface area contributed by atoms with Crippen molar-refractivity contribution >= 4 is 29.2 Å². The van der Waals surface area contributed by atoms with Crippen LogP contribution in [0.2, 0.25) is 0 Å². The topological polar surface area (TPSA) is 93.1 Å². The van der Waals surface area contributed by atoms with Gasteiger partial charge in [-0.1, -0.05) is 51.4 Å². The summed E-state index contributed by atoms with van der Waals surface area (Å²) in [6, 6.07) is 1.04. The van der Waals surface area contributed by atoms with E-state index in [4.69, 9.17) is 9.98 Å². The zero-order valence-electron chi connectivity index (χ0n) is 20.7. The number of hydrazine groups is 3. The van der Waals surface area contributed by atoms with E-state index in [1.54, 1.807) is 11.8 Å². The molecule has 0 radical (unpaired) electrons. The number of amidine groups is 1. The molecule has 9 heteroatoms. The third-order valence-corrected chi connectivity index (χ3v) is 9.56. The number of nitrogens with one attached hydrogen (secondary N) is 4. The lowest BCUT2D eigenvalue weighted by Crippen LogP contribution is -2.48. The van der Waals surface area contributed by atoms with Gasteiger partial charge in [0.25, 0.3) is 0 Å². The van der Waals surface area contributed by atoms with Gasteiger partial charge in [0, 0.05) is 11.8 Å². The highest BCUT2D eigenvalue weighted by molar-refractivity contribution is 8.00. The van der Waals surface area contributed by atoms with Gasteiger partial charge in [-0.25, -0.2) is 5.43 Å². The van der Waals surface area contributed by atoms with E-state index in [1.807, 2.05) is 0 Å². The molecule has 3 saturated carbocycles. The van der Waals surface area contributed by atoms with Crippen LogP contribution in [0.5, 0.6) is 0 Å². The van der Waals surface area contributed by atoms with Crippen LogP contribution in [-0.4, -0.2) is 51.8 Å². The molecule has 4 atom stereocenters. The van der Waals surface area contributed by atoms with Crippen molar-refractivity contribution in [3.8, 4) is 0 Å². The summed E-state index contributed by atoms with van der Waals surface area (Å²) in [6.45, 7) is 2.19. The molecule has 2 aliphatic heterocycles. The van der Waals surface area contributed by atoms with Crippen molar-refractivity contribution in [2.45, 2.75) is 120 Å². The van der Waals surface area contributed by atoms with Gasteiger partial charge in [0.15, 0.2) is 0 Å². The molecule has 4 N–H and O–H groups in total. The summed E-state index contributed by atoms with van der Waals surface area (Å²) in [5.74, 6) is 2.10. The number of rotatable bonds is 5. The van der Waals surface area contributed by atoms with Crippen LogP contribution >= 0.6 is 11.8 Å². The summed E-state index contributed by atoms with van der Waals surface area (Å²) in [4.78, 5) is 23.6. The van der Waals surface area contributed by atoms with Crippen molar-refractivity contribution in [2.24, 2.45) is 21.8 Å². The van der Waals surface area contributed by atoms with Crippen molar-refractivity contribution < 1.29 is 4.79 Å². The molecular weight excluding hydrogens is 446 g/mol. The number of fused-ring (bicyclic) bond motifs is 1. The van der Waals surface area contributed by atoms with Gasteiger partial charge in [0.1, 0.15) is 11.3 Å². The quantitative estimate of drug-likeness (QED) is 0.471. The maximum Gasteiger partial charge on any atom is 0.235 e. The highest BCUT2D eigenvalue weighted by atomic mass is 32.2. The minimum absolute atomic E-state index is 0.0464. The maximum atomic E-state index is 13.2. The minimum Gasteiger partial charge on any atom is -0.313 e. The van der Waals surface area contributed by atoms with Crippen molar-refractivity contribution in [3.05, 3.63) is 0 Å². The fourth-order valence-electron chi connectivity index (χ4n) is 6.72. The fraction of sp³-hybridized carbons (Fsp3) is 0.880. The summed E-state index contributed by atoms with van der Waals surface area (Å²) in [5.41, 5.74) is 10.8. The molecule has 5 aliphatic rings. The summed E-state index contributed by atoms with van der Waals surface area (Å²) in [5, 5.41) is 5.57. The fourth-order valence-corrected chi connectivity index (χ4v) is 7.63. The second-order valence-electron chi connectivity index (χ2n) is 10.9. The number of amides is 1. The molecule has 1 saturated heterocycles. The highest BCUT2D eigenvalue weighted by Gasteiger charge is 2.37. The number of thioether (sulfide) groups is 1. The van der Waals surface area contributed by atoms with Crippen molar-refractivity contribution in [3.63, 3.8) is 0 Å². The van der Waals surface area contributed by atoms with Crippen LogP contribution in [0.3, 0.4) is 0 Å². The van der Waals surface area contributed by atoms with E-state index in [9.17, 15) is 4.79 Å². The lowest BCUT2D eigenvalue weighted by atomic mass is 9.77. The first-order chi connectivity index (χ1) is 16.7. The van der Waals surface area contributed by atoms with Gasteiger partial charge in [0.2, 0.25) is 5.91 Å². The van der Waals surface area contributed by atoms with Crippen LogP contribution in [0.1, 0.15) is 96.8 Å². The van der Waals surface area contributed by atoms with Gasteiger partial charge in [0.05, 0.1) is 23.8 Å². The molecule has 34 heavy (non-hydrogen) atoms. The monoisotopic (exact) mass is 489 g/mol. The van der Waals surface area contributed by atoms with Crippen LogP contribution in [0, 0.1) is 11.8 Å². The Morgan fingerprint density at radius 1 is 0.941 bits per heavy atom. The molecule has 190 valence electrons. The number of aliphatic imine (C=N–C) groups is 2. The lowest BCUT2D eigenvalue weighted by molar-refractivity contribution is -0.117. The number of nitrogens with zero attached hydrogens (tertiary/aromatic N) is 3. The minimum atomic E-state index is 0.0464. The molecule has 2 heterocycles. The molecule has 0 bridgehead atoms. The van der Waals surface area contributed by atoms with Crippen molar-refractivity contribution in [2.75, 3.05) is 5.75 Å². The Balaban J connectivity index is 1.25. The zero-order chi connectivity index (χ0) is 23.3. The predicted molar refractivity (Wildman–Crippen MR) is 139 cm³/mol. The molecule has 0 aromatic heterocycles. The predicted octanol–water partition coefficient (Wildman–Crippen LogP) is 3.66. The molecule has 4 fully saturated rings. The van der Waals surface area contributed by atoms with Gasteiger partial charge in [-0.15, -0.1) is 11.8 Å². The third-order valence-electron chi connectivity index (χ3n) is 8.48. The average Bonchev–Trinajstić information content (AvgIpc) is 3.28. The van der Waals surface area contributed by atoms with E-state index >= 15 is 0 Å². The lowest BCUT2D eigenvalue weighted by Gasteiger charge is -2.33. The molecular formula is C25H43N7OS. The molecule has 4 unspecified atom stereocenters. The first-order valence-corrected chi connectivity index (χ1v) is 14.8. The first kappa shape index (κ1) is 24.7. The number of hydrogen-bond donors (Lipinski definition) is 4. The Kier molecular flexibility index (Phi) is 8.58. The maximum absolute atomic E-state index is 13.2. The van der Waals surface area contributed by atoms with Gasteiger partial charge in [-0.2, -0.15) is 16.1 Å². The molecule has 0 aromatic rings. The van der Waals surface area contributed by atoms with E-state index in [1.165, 1.54) is 82.8 Å². The standard InChI is InChI=1S/C25H43N7OS/c1-17-23(18-10-4-2-5-11-18)24(27-21-15-9-8-14-20(21)26-17)28-22(33)16-34-25-29-30-31-32(25)19-12-6-3-7-13-19/h18-21,23,25,29-31H,2-16H2,1H3,(H,27,28,33). The van der Waals surface area contributed by atoms with Gasteiger partial charge < -0.3 is 5.32 Å². The van der Waals surface area contributed by atoms with Crippen LogP contribution in [-0.2, 0) is 4.79 Å². The molecule has 0 aromatic carbocycles. The van der Waals surface area contributed by atoms with Gasteiger partial charge in [-0.05, 0) is 51.4 Å².